The van der Waals surface area contributed by atoms with E-state index in [0.29, 0.717) is 12.1 Å². The first-order valence-electron chi connectivity index (χ1n) is 6.32. The number of para-hydroxylation sites is 1. The Hall–Kier alpha value is -1.95. The second-order valence-electron chi connectivity index (χ2n) is 4.70. The third-order valence-corrected chi connectivity index (χ3v) is 3.35. The lowest BCUT2D eigenvalue weighted by Crippen LogP contribution is -2.52. The zero-order valence-electron chi connectivity index (χ0n) is 10.8. The van der Waals surface area contributed by atoms with E-state index in [1.165, 1.54) is 6.07 Å². The van der Waals surface area contributed by atoms with Crippen molar-refractivity contribution in [2.45, 2.75) is 19.4 Å². The fraction of sp³-hybridized carbons (Fsp3) is 0.462. The van der Waals surface area contributed by atoms with Gasteiger partial charge in [0, 0.05) is 37.3 Å². The van der Waals surface area contributed by atoms with Crippen LogP contribution in [-0.4, -0.2) is 41.4 Å². The Balaban J connectivity index is 2.12. The van der Waals surface area contributed by atoms with Crippen LogP contribution in [-0.2, 0) is 11.2 Å². The summed E-state index contributed by atoms with van der Waals surface area (Å²) < 4.78 is 0. The van der Waals surface area contributed by atoms with Crippen LogP contribution in [0.5, 0.6) is 0 Å². The first-order valence-corrected chi connectivity index (χ1v) is 6.32. The molecule has 1 fully saturated rings. The molecule has 2 rings (SSSR count). The van der Waals surface area contributed by atoms with Gasteiger partial charge in [0.15, 0.2) is 0 Å². The lowest BCUT2D eigenvalue weighted by molar-refractivity contribution is -0.385. The predicted octanol–water partition coefficient (Wildman–Crippen LogP) is 0.958. The number of carbonyl (C=O) groups excluding carboxylic acids is 1. The molecule has 19 heavy (non-hydrogen) atoms. The van der Waals surface area contributed by atoms with Crippen molar-refractivity contribution in [3.63, 3.8) is 0 Å². The zero-order chi connectivity index (χ0) is 13.8. The molecule has 0 unspecified atom stereocenters. The number of piperazine rings is 1. The third kappa shape index (κ3) is 3.08. The number of nitro groups is 1. The maximum atomic E-state index is 12.2. The van der Waals surface area contributed by atoms with E-state index in [4.69, 9.17) is 0 Å². The first-order chi connectivity index (χ1) is 9.09. The van der Waals surface area contributed by atoms with E-state index in [1.807, 2.05) is 6.92 Å². The van der Waals surface area contributed by atoms with Crippen molar-refractivity contribution in [2.24, 2.45) is 0 Å². The largest absolute Gasteiger partial charge is 0.337 e. The minimum Gasteiger partial charge on any atom is -0.337 e. The van der Waals surface area contributed by atoms with Crippen LogP contribution >= 0.6 is 0 Å². The second-order valence-corrected chi connectivity index (χ2v) is 4.70. The fourth-order valence-corrected chi connectivity index (χ4v) is 2.31. The molecule has 0 spiro atoms. The molecule has 0 bridgehead atoms. The maximum Gasteiger partial charge on any atom is 0.273 e. The third-order valence-electron chi connectivity index (χ3n) is 3.35. The molecule has 0 saturated carbocycles. The highest BCUT2D eigenvalue weighted by Crippen LogP contribution is 2.19. The van der Waals surface area contributed by atoms with Crippen molar-refractivity contribution in [1.82, 2.24) is 10.2 Å². The second kappa shape index (κ2) is 5.79. The van der Waals surface area contributed by atoms with Crippen molar-refractivity contribution in [1.29, 1.82) is 0 Å². The summed E-state index contributed by atoms with van der Waals surface area (Å²) in [6, 6.07) is 6.53. The lowest BCUT2D eigenvalue weighted by atomic mass is 10.1. The van der Waals surface area contributed by atoms with Crippen LogP contribution in [0.1, 0.15) is 12.5 Å². The van der Waals surface area contributed by atoms with Gasteiger partial charge in [0.25, 0.3) is 5.69 Å². The molecule has 6 nitrogen and oxygen atoms in total. The normalized spacial score (nSPS) is 19.2. The van der Waals surface area contributed by atoms with Gasteiger partial charge in [-0.15, -0.1) is 0 Å². The summed E-state index contributed by atoms with van der Waals surface area (Å²) in [4.78, 5) is 24.5. The van der Waals surface area contributed by atoms with E-state index in [-0.39, 0.29) is 24.1 Å². The van der Waals surface area contributed by atoms with Crippen molar-refractivity contribution in [3.05, 3.63) is 39.9 Å². The molecule has 1 aliphatic rings. The van der Waals surface area contributed by atoms with Gasteiger partial charge in [0.2, 0.25) is 5.91 Å². The molecule has 1 saturated heterocycles. The van der Waals surface area contributed by atoms with Crippen LogP contribution in [0.15, 0.2) is 24.3 Å². The Morgan fingerprint density at radius 3 is 2.95 bits per heavy atom. The van der Waals surface area contributed by atoms with Gasteiger partial charge in [0.1, 0.15) is 0 Å². The predicted molar refractivity (Wildman–Crippen MR) is 70.8 cm³/mol. The molecule has 1 aromatic carbocycles. The van der Waals surface area contributed by atoms with Crippen molar-refractivity contribution >= 4 is 11.6 Å². The van der Waals surface area contributed by atoms with Gasteiger partial charge in [-0.2, -0.15) is 0 Å². The lowest BCUT2D eigenvalue weighted by Gasteiger charge is -2.34. The molecule has 1 heterocycles. The Bertz CT molecular complexity index is 490. The number of nitrogens with zero attached hydrogens (tertiary/aromatic N) is 2. The van der Waals surface area contributed by atoms with Gasteiger partial charge < -0.3 is 10.2 Å². The Morgan fingerprint density at radius 2 is 2.26 bits per heavy atom. The molecule has 0 aliphatic carbocycles. The van der Waals surface area contributed by atoms with E-state index in [0.717, 1.165) is 13.1 Å². The molecular weight excluding hydrogens is 246 g/mol. The van der Waals surface area contributed by atoms with Crippen molar-refractivity contribution in [3.8, 4) is 0 Å². The molecule has 0 aromatic heterocycles. The highest BCUT2D eigenvalue weighted by atomic mass is 16.6. The number of rotatable bonds is 3. The van der Waals surface area contributed by atoms with Crippen LogP contribution < -0.4 is 5.32 Å². The summed E-state index contributed by atoms with van der Waals surface area (Å²) in [5.74, 6) is -0.0525. The topological polar surface area (TPSA) is 75.5 Å². The van der Waals surface area contributed by atoms with Crippen molar-refractivity contribution in [2.75, 3.05) is 19.6 Å². The SMILES string of the molecule is C[C@@H]1CNCCN1C(=O)Cc1ccccc1[N+](=O)[O-]. The number of benzene rings is 1. The number of nitro benzene ring substituents is 1. The van der Waals surface area contributed by atoms with Crippen LogP contribution in [0, 0.1) is 10.1 Å². The van der Waals surface area contributed by atoms with Gasteiger partial charge in [0.05, 0.1) is 11.3 Å². The zero-order valence-corrected chi connectivity index (χ0v) is 10.8. The van der Waals surface area contributed by atoms with E-state index in [9.17, 15) is 14.9 Å². The average molecular weight is 263 g/mol. The van der Waals surface area contributed by atoms with E-state index >= 15 is 0 Å². The van der Waals surface area contributed by atoms with E-state index in [2.05, 4.69) is 5.32 Å². The fourth-order valence-electron chi connectivity index (χ4n) is 2.31. The molecule has 1 atom stereocenters. The number of hydrogen-bond donors (Lipinski definition) is 1. The smallest absolute Gasteiger partial charge is 0.273 e. The molecule has 1 aliphatic heterocycles. The summed E-state index contributed by atoms with van der Waals surface area (Å²) in [5, 5.41) is 14.1. The minimum atomic E-state index is -0.441. The molecule has 6 heteroatoms. The molecular formula is C13H17N3O3. The molecule has 0 radical (unpaired) electrons. The first kappa shape index (κ1) is 13.5. The summed E-state index contributed by atoms with van der Waals surface area (Å²) in [7, 11) is 0. The highest BCUT2D eigenvalue weighted by Gasteiger charge is 2.25. The summed E-state index contributed by atoms with van der Waals surface area (Å²) in [6.07, 6.45) is 0.0848. The molecule has 1 amide bonds. The average Bonchev–Trinajstić information content (AvgIpc) is 2.39. The Labute approximate surface area is 111 Å². The maximum absolute atomic E-state index is 12.2. The monoisotopic (exact) mass is 263 g/mol. The summed E-state index contributed by atoms with van der Waals surface area (Å²) in [5.41, 5.74) is 0.488. The number of hydrogen-bond acceptors (Lipinski definition) is 4. The van der Waals surface area contributed by atoms with Gasteiger partial charge in [-0.1, -0.05) is 18.2 Å². The summed E-state index contributed by atoms with van der Waals surface area (Å²) >= 11 is 0. The van der Waals surface area contributed by atoms with Crippen molar-refractivity contribution < 1.29 is 9.72 Å². The van der Waals surface area contributed by atoms with E-state index < -0.39 is 4.92 Å². The summed E-state index contributed by atoms with van der Waals surface area (Å²) in [6.45, 7) is 4.17. The van der Waals surface area contributed by atoms with Crippen LogP contribution in [0.4, 0.5) is 5.69 Å². The quantitative estimate of drug-likeness (QED) is 0.651. The molecule has 1 N–H and O–H groups in total. The Morgan fingerprint density at radius 1 is 1.53 bits per heavy atom. The van der Waals surface area contributed by atoms with Gasteiger partial charge in [-0.05, 0) is 6.92 Å². The van der Waals surface area contributed by atoms with Gasteiger partial charge in [-0.25, -0.2) is 0 Å². The Kier molecular flexibility index (Phi) is 4.11. The van der Waals surface area contributed by atoms with E-state index in [1.54, 1.807) is 23.1 Å². The minimum absolute atomic E-state index is 0.0126. The number of nitrogens with one attached hydrogen (secondary N) is 1. The molecule has 1 aromatic rings. The number of amides is 1. The standard InChI is InChI=1S/C13H17N3O3/c1-10-9-14-6-7-15(10)13(17)8-11-4-2-3-5-12(11)16(18)19/h2-5,10,14H,6-9H2,1H3/t10-/m1/s1. The van der Waals surface area contributed by atoms with Gasteiger partial charge >= 0.3 is 0 Å². The van der Waals surface area contributed by atoms with Crippen LogP contribution in [0.3, 0.4) is 0 Å². The number of carbonyl (C=O) groups is 1. The highest BCUT2D eigenvalue weighted by molar-refractivity contribution is 5.80. The molecule has 102 valence electrons. The van der Waals surface area contributed by atoms with Crippen LogP contribution in [0.2, 0.25) is 0 Å². The van der Waals surface area contributed by atoms with Gasteiger partial charge in [-0.3, -0.25) is 14.9 Å². The van der Waals surface area contributed by atoms with Crippen LogP contribution in [0.25, 0.3) is 0 Å².